The zero-order valence-corrected chi connectivity index (χ0v) is 15.9. The Morgan fingerprint density at radius 2 is 1.93 bits per heavy atom. The van der Waals surface area contributed by atoms with Crippen molar-refractivity contribution in [3.63, 3.8) is 0 Å². The summed E-state index contributed by atoms with van der Waals surface area (Å²) in [5.74, 6) is 1.34. The largest absolute Gasteiger partial charge is 0.435 e. The molecule has 150 valence electrons. The Kier molecular flexibility index (Phi) is 6.86. The Bertz CT molecular complexity index is 761. The molecule has 2 aromatic heterocycles. The molecule has 0 aliphatic rings. The molecule has 0 fully saturated rings. The summed E-state index contributed by atoms with van der Waals surface area (Å²) in [4.78, 5) is 4.01. The lowest BCUT2D eigenvalue weighted by Gasteiger charge is -2.11. The Morgan fingerprint density at radius 3 is 2.52 bits per heavy atom. The second-order valence-corrected chi connectivity index (χ2v) is 6.19. The lowest BCUT2D eigenvalue weighted by molar-refractivity contribution is -0.142. The van der Waals surface area contributed by atoms with Gasteiger partial charge in [0.1, 0.15) is 0 Å². The number of hydrogen-bond donors (Lipinski definition) is 2. The Hall–Kier alpha value is -2.52. The number of nitrogens with zero attached hydrogens (tertiary/aromatic N) is 4. The van der Waals surface area contributed by atoms with Crippen LogP contribution in [0.1, 0.15) is 55.3 Å². The van der Waals surface area contributed by atoms with Crippen LogP contribution in [0.3, 0.4) is 0 Å². The van der Waals surface area contributed by atoms with E-state index >= 15 is 0 Å². The average molecular weight is 386 g/mol. The summed E-state index contributed by atoms with van der Waals surface area (Å²) >= 11 is 0. The van der Waals surface area contributed by atoms with Crippen molar-refractivity contribution in [3.8, 4) is 0 Å². The van der Waals surface area contributed by atoms with Gasteiger partial charge in [-0.25, -0.2) is 0 Å². The lowest BCUT2D eigenvalue weighted by Crippen LogP contribution is -2.36. The molecular weight excluding hydrogens is 361 g/mol. The summed E-state index contributed by atoms with van der Waals surface area (Å²) < 4.78 is 45.4. The predicted molar refractivity (Wildman–Crippen MR) is 95.1 cm³/mol. The number of alkyl halides is 3. The van der Waals surface area contributed by atoms with Crippen LogP contribution in [0.4, 0.5) is 13.2 Å². The van der Waals surface area contributed by atoms with Gasteiger partial charge in [-0.2, -0.15) is 18.3 Å². The molecule has 0 radical (unpaired) electrons. The van der Waals surface area contributed by atoms with E-state index in [1.165, 1.54) is 13.2 Å². The van der Waals surface area contributed by atoms with Crippen molar-refractivity contribution in [2.24, 2.45) is 12.0 Å². The van der Waals surface area contributed by atoms with Crippen LogP contribution in [0.2, 0.25) is 0 Å². The van der Waals surface area contributed by atoms with E-state index < -0.39 is 11.9 Å². The summed E-state index contributed by atoms with van der Waals surface area (Å²) in [5.41, 5.74) is 0.0477. The standard InChI is InChI=1S/C17H25F3N6O/c1-5-11(6-2)14-7-13(27-25-14)9-23-16(21-3)22-8-12-10-26(4)24-15(12)17(18,19)20/h7,10-11H,5-6,8-9H2,1-4H3,(H2,21,22,23). The minimum atomic E-state index is -4.50. The highest BCUT2D eigenvalue weighted by atomic mass is 19.4. The zero-order valence-electron chi connectivity index (χ0n) is 15.9. The molecule has 2 aromatic rings. The van der Waals surface area contributed by atoms with Crippen LogP contribution in [0.15, 0.2) is 21.8 Å². The van der Waals surface area contributed by atoms with Crippen molar-refractivity contribution >= 4 is 5.96 Å². The summed E-state index contributed by atoms with van der Waals surface area (Å²) in [6.07, 6.45) is -1.21. The Balaban J connectivity index is 1.94. The van der Waals surface area contributed by atoms with Gasteiger partial charge in [-0.3, -0.25) is 9.67 Å². The first-order valence-corrected chi connectivity index (χ1v) is 8.78. The van der Waals surface area contributed by atoms with Crippen LogP contribution >= 0.6 is 0 Å². The van der Waals surface area contributed by atoms with E-state index in [0.717, 1.165) is 23.2 Å². The third kappa shape index (κ3) is 5.48. The Morgan fingerprint density at radius 1 is 1.26 bits per heavy atom. The van der Waals surface area contributed by atoms with Crippen molar-refractivity contribution < 1.29 is 17.7 Å². The van der Waals surface area contributed by atoms with Crippen molar-refractivity contribution in [3.05, 3.63) is 35.0 Å². The van der Waals surface area contributed by atoms with E-state index in [2.05, 4.69) is 39.7 Å². The van der Waals surface area contributed by atoms with Gasteiger partial charge in [0, 0.05) is 44.4 Å². The molecule has 2 N–H and O–H groups in total. The van der Waals surface area contributed by atoms with Gasteiger partial charge in [0.15, 0.2) is 17.4 Å². The topological polar surface area (TPSA) is 80.3 Å². The molecule has 0 aromatic carbocycles. The van der Waals surface area contributed by atoms with E-state index in [-0.39, 0.29) is 12.1 Å². The highest BCUT2D eigenvalue weighted by Crippen LogP contribution is 2.30. The third-order valence-corrected chi connectivity index (χ3v) is 4.25. The summed E-state index contributed by atoms with van der Waals surface area (Å²) in [7, 11) is 2.99. The van der Waals surface area contributed by atoms with Gasteiger partial charge in [-0.15, -0.1) is 0 Å². The number of aryl methyl sites for hydroxylation is 1. The van der Waals surface area contributed by atoms with Crippen LogP contribution in [-0.2, 0) is 26.3 Å². The van der Waals surface area contributed by atoms with Crippen LogP contribution in [0.25, 0.3) is 0 Å². The minimum Gasteiger partial charge on any atom is -0.359 e. The summed E-state index contributed by atoms with van der Waals surface area (Å²) in [5, 5.41) is 13.4. The second kappa shape index (κ2) is 8.92. The molecule has 0 spiro atoms. The van der Waals surface area contributed by atoms with Gasteiger partial charge in [0.2, 0.25) is 0 Å². The minimum absolute atomic E-state index is 0.0450. The lowest BCUT2D eigenvalue weighted by atomic mass is 9.99. The molecule has 0 aliphatic heterocycles. The molecule has 0 aliphatic carbocycles. The first-order valence-electron chi connectivity index (χ1n) is 8.78. The number of aromatic nitrogens is 3. The van der Waals surface area contributed by atoms with Crippen molar-refractivity contribution in [2.45, 2.75) is 51.9 Å². The molecule has 0 unspecified atom stereocenters. The molecule has 10 heteroatoms. The highest BCUT2D eigenvalue weighted by molar-refractivity contribution is 5.79. The number of aliphatic imine (C=N–C) groups is 1. The molecule has 0 bridgehead atoms. The maximum Gasteiger partial charge on any atom is 0.435 e. The maximum absolute atomic E-state index is 13.0. The first-order chi connectivity index (χ1) is 12.8. The van der Waals surface area contributed by atoms with Crippen molar-refractivity contribution in [1.82, 2.24) is 25.6 Å². The van der Waals surface area contributed by atoms with Crippen LogP contribution in [0, 0.1) is 0 Å². The third-order valence-electron chi connectivity index (χ3n) is 4.25. The maximum atomic E-state index is 13.0. The number of rotatable bonds is 7. The number of halogens is 3. The van der Waals surface area contributed by atoms with Crippen molar-refractivity contribution in [2.75, 3.05) is 7.05 Å². The van der Waals surface area contributed by atoms with E-state index in [1.807, 2.05) is 6.07 Å². The normalized spacial score (nSPS) is 12.7. The molecule has 0 saturated carbocycles. The fourth-order valence-corrected chi connectivity index (χ4v) is 2.79. The van der Waals surface area contributed by atoms with Gasteiger partial charge in [0.25, 0.3) is 0 Å². The molecule has 0 amide bonds. The predicted octanol–water partition coefficient (Wildman–Crippen LogP) is 3.20. The van der Waals surface area contributed by atoms with Gasteiger partial charge in [-0.05, 0) is 12.8 Å². The van der Waals surface area contributed by atoms with Gasteiger partial charge in [0.05, 0.1) is 12.2 Å². The van der Waals surface area contributed by atoms with Crippen LogP contribution < -0.4 is 10.6 Å². The van der Waals surface area contributed by atoms with Crippen LogP contribution in [-0.4, -0.2) is 27.9 Å². The van der Waals surface area contributed by atoms with E-state index in [0.29, 0.717) is 24.2 Å². The van der Waals surface area contributed by atoms with E-state index in [9.17, 15) is 13.2 Å². The monoisotopic (exact) mass is 386 g/mol. The highest BCUT2D eigenvalue weighted by Gasteiger charge is 2.36. The van der Waals surface area contributed by atoms with E-state index in [1.54, 1.807) is 7.05 Å². The fourth-order valence-electron chi connectivity index (χ4n) is 2.79. The smallest absolute Gasteiger partial charge is 0.359 e. The number of guanidine groups is 1. The molecule has 7 nitrogen and oxygen atoms in total. The number of nitrogens with one attached hydrogen (secondary N) is 2. The molecule has 27 heavy (non-hydrogen) atoms. The Labute approximate surface area is 156 Å². The van der Waals surface area contributed by atoms with Gasteiger partial charge < -0.3 is 15.2 Å². The first kappa shape index (κ1) is 20.8. The van der Waals surface area contributed by atoms with Crippen LogP contribution in [0.5, 0.6) is 0 Å². The quantitative estimate of drug-likeness (QED) is 0.564. The molecule has 2 rings (SSSR count). The average Bonchev–Trinajstić information content (AvgIpc) is 3.23. The molecular formula is C17H25F3N6O. The van der Waals surface area contributed by atoms with Gasteiger partial charge in [-0.1, -0.05) is 19.0 Å². The molecule has 2 heterocycles. The molecule has 0 atom stereocenters. The van der Waals surface area contributed by atoms with Crippen molar-refractivity contribution in [1.29, 1.82) is 0 Å². The van der Waals surface area contributed by atoms with Gasteiger partial charge >= 0.3 is 6.18 Å². The summed E-state index contributed by atoms with van der Waals surface area (Å²) in [6, 6.07) is 1.89. The molecule has 0 saturated heterocycles. The fraction of sp³-hybridized carbons (Fsp3) is 0.588. The summed E-state index contributed by atoms with van der Waals surface area (Å²) in [6.45, 7) is 4.46. The van der Waals surface area contributed by atoms with E-state index in [4.69, 9.17) is 4.52 Å². The second-order valence-electron chi connectivity index (χ2n) is 6.19. The number of hydrogen-bond acceptors (Lipinski definition) is 4. The zero-order chi connectivity index (χ0) is 20.0. The SMILES string of the molecule is CCC(CC)c1cc(CNC(=NC)NCc2cn(C)nc2C(F)(F)F)on1.